The minimum absolute atomic E-state index is 0.260. The third-order valence-corrected chi connectivity index (χ3v) is 4.51. The Kier molecular flexibility index (Phi) is 4.43. The molecular formula is C15H14Br2FN. The van der Waals surface area contributed by atoms with E-state index in [2.05, 4.69) is 31.9 Å². The van der Waals surface area contributed by atoms with Crippen LogP contribution in [0.2, 0.25) is 0 Å². The highest BCUT2D eigenvalue weighted by atomic mass is 79.9. The summed E-state index contributed by atoms with van der Waals surface area (Å²) < 4.78 is 15.0. The van der Waals surface area contributed by atoms with Crippen molar-refractivity contribution in [1.29, 1.82) is 0 Å². The Morgan fingerprint density at radius 3 is 2.37 bits per heavy atom. The van der Waals surface area contributed by atoms with Crippen molar-refractivity contribution in [2.45, 2.75) is 18.9 Å². The molecule has 0 fully saturated rings. The van der Waals surface area contributed by atoms with E-state index >= 15 is 0 Å². The molecule has 19 heavy (non-hydrogen) atoms. The highest BCUT2D eigenvalue weighted by Gasteiger charge is 2.23. The van der Waals surface area contributed by atoms with Gasteiger partial charge in [0.15, 0.2) is 0 Å². The van der Waals surface area contributed by atoms with Gasteiger partial charge in [0.1, 0.15) is 5.82 Å². The maximum atomic E-state index is 13.5. The van der Waals surface area contributed by atoms with Crippen LogP contribution < -0.4 is 5.73 Å². The van der Waals surface area contributed by atoms with Crippen molar-refractivity contribution in [3.63, 3.8) is 0 Å². The number of nitrogens with two attached hydrogens (primary N) is 1. The lowest BCUT2D eigenvalue weighted by Crippen LogP contribution is -2.35. The average Bonchev–Trinajstić information content (AvgIpc) is 2.35. The van der Waals surface area contributed by atoms with Crippen molar-refractivity contribution >= 4 is 31.9 Å². The summed E-state index contributed by atoms with van der Waals surface area (Å²) in [4.78, 5) is 0. The van der Waals surface area contributed by atoms with E-state index in [1.165, 1.54) is 6.07 Å². The van der Waals surface area contributed by atoms with Crippen LogP contribution in [0.15, 0.2) is 51.4 Å². The molecule has 2 rings (SSSR count). The van der Waals surface area contributed by atoms with Gasteiger partial charge < -0.3 is 5.73 Å². The standard InChI is InChI=1S/C15H14Br2FN/c1-15(19,11-5-7-12(16)8-6-11)9-10-3-2-4-13(18)14(10)17/h2-8H,9,19H2,1H3. The van der Waals surface area contributed by atoms with Crippen LogP contribution in [0.4, 0.5) is 4.39 Å². The highest BCUT2D eigenvalue weighted by molar-refractivity contribution is 9.10. The lowest BCUT2D eigenvalue weighted by molar-refractivity contribution is 0.488. The first-order valence-corrected chi connectivity index (χ1v) is 7.46. The summed E-state index contributed by atoms with van der Waals surface area (Å²) in [6.45, 7) is 1.95. The van der Waals surface area contributed by atoms with E-state index in [-0.39, 0.29) is 5.82 Å². The molecule has 2 aromatic carbocycles. The van der Waals surface area contributed by atoms with E-state index in [1.807, 2.05) is 37.3 Å². The number of halogens is 3. The number of hydrogen-bond acceptors (Lipinski definition) is 1. The summed E-state index contributed by atoms with van der Waals surface area (Å²) >= 11 is 6.68. The molecule has 0 spiro atoms. The SMILES string of the molecule is CC(N)(Cc1cccc(F)c1Br)c1ccc(Br)cc1. The molecule has 0 saturated heterocycles. The monoisotopic (exact) mass is 385 g/mol. The Bertz CT molecular complexity index is 579. The fraction of sp³-hybridized carbons (Fsp3) is 0.200. The van der Waals surface area contributed by atoms with Gasteiger partial charge in [0.05, 0.1) is 4.47 Å². The molecule has 2 N–H and O–H groups in total. The Morgan fingerprint density at radius 2 is 1.74 bits per heavy atom. The van der Waals surface area contributed by atoms with E-state index in [9.17, 15) is 4.39 Å². The molecule has 0 aliphatic carbocycles. The molecule has 0 aliphatic rings. The minimum Gasteiger partial charge on any atom is -0.321 e. The Balaban J connectivity index is 2.30. The Hall–Kier alpha value is -0.710. The second-order valence-electron chi connectivity index (χ2n) is 4.81. The van der Waals surface area contributed by atoms with Gasteiger partial charge in [0, 0.05) is 10.0 Å². The lowest BCUT2D eigenvalue weighted by atomic mass is 9.87. The molecule has 1 nitrogen and oxygen atoms in total. The van der Waals surface area contributed by atoms with Crippen LogP contribution in [0.1, 0.15) is 18.1 Å². The molecule has 0 saturated carbocycles. The maximum absolute atomic E-state index is 13.5. The summed E-state index contributed by atoms with van der Waals surface area (Å²) in [6, 6.07) is 12.9. The van der Waals surface area contributed by atoms with Gasteiger partial charge in [-0.05, 0) is 58.6 Å². The predicted molar refractivity (Wildman–Crippen MR) is 83.5 cm³/mol. The van der Waals surface area contributed by atoms with Crippen LogP contribution in [0.3, 0.4) is 0 Å². The van der Waals surface area contributed by atoms with Crippen molar-refractivity contribution in [2.24, 2.45) is 5.73 Å². The zero-order chi connectivity index (χ0) is 14.0. The second-order valence-corrected chi connectivity index (χ2v) is 6.52. The van der Waals surface area contributed by atoms with E-state index in [0.29, 0.717) is 10.9 Å². The molecule has 100 valence electrons. The normalized spacial score (nSPS) is 14.2. The van der Waals surface area contributed by atoms with Crippen LogP contribution >= 0.6 is 31.9 Å². The van der Waals surface area contributed by atoms with Gasteiger partial charge in [-0.15, -0.1) is 0 Å². The third kappa shape index (κ3) is 3.44. The van der Waals surface area contributed by atoms with E-state index in [0.717, 1.165) is 15.6 Å². The molecule has 2 aromatic rings. The van der Waals surface area contributed by atoms with Crippen molar-refractivity contribution in [2.75, 3.05) is 0 Å². The molecule has 1 atom stereocenters. The molecular weight excluding hydrogens is 373 g/mol. The molecule has 0 radical (unpaired) electrons. The smallest absolute Gasteiger partial charge is 0.137 e. The summed E-state index contributed by atoms with van der Waals surface area (Å²) in [5, 5.41) is 0. The van der Waals surface area contributed by atoms with Crippen LogP contribution in [0, 0.1) is 5.82 Å². The summed E-state index contributed by atoms with van der Waals surface area (Å²) in [5.41, 5.74) is 7.72. The van der Waals surface area contributed by atoms with Gasteiger partial charge >= 0.3 is 0 Å². The molecule has 0 amide bonds. The van der Waals surface area contributed by atoms with Gasteiger partial charge in [-0.1, -0.05) is 40.2 Å². The summed E-state index contributed by atoms with van der Waals surface area (Å²) in [7, 11) is 0. The molecule has 0 bridgehead atoms. The Morgan fingerprint density at radius 1 is 1.11 bits per heavy atom. The summed E-state index contributed by atoms with van der Waals surface area (Å²) in [6.07, 6.45) is 0.562. The van der Waals surface area contributed by atoms with Crippen LogP contribution in [0.25, 0.3) is 0 Å². The Labute approximate surface area is 129 Å². The fourth-order valence-electron chi connectivity index (χ4n) is 2.01. The van der Waals surface area contributed by atoms with Gasteiger partial charge in [-0.25, -0.2) is 4.39 Å². The molecule has 0 heterocycles. The molecule has 1 unspecified atom stereocenters. The number of benzene rings is 2. The van der Waals surface area contributed by atoms with Gasteiger partial charge in [-0.3, -0.25) is 0 Å². The van der Waals surface area contributed by atoms with Crippen molar-refractivity contribution in [1.82, 2.24) is 0 Å². The molecule has 4 heteroatoms. The van der Waals surface area contributed by atoms with Crippen LogP contribution in [-0.4, -0.2) is 0 Å². The predicted octanol–water partition coefficient (Wildman–Crippen LogP) is 4.77. The van der Waals surface area contributed by atoms with E-state index in [1.54, 1.807) is 6.07 Å². The van der Waals surface area contributed by atoms with Crippen molar-refractivity contribution < 1.29 is 4.39 Å². The summed E-state index contributed by atoms with van der Waals surface area (Å²) in [5.74, 6) is -0.260. The van der Waals surface area contributed by atoms with Crippen LogP contribution in [0.5, 0.6) is 0 Å². The minimum atomic E-state index is -0.545. The maximum Gasteiger partial charge on any atom is 0.137 e. The second kappa shape index (κ2) is 5.73. The molecule has 0 aliphatic heterocycles. The van der Waals surface area contributed by atoms with Gasteiger partial charge in [0.25, 0.3) is 0 Å². The first kappa shape index (κ1) is 14.7. The van der Waals surface area contributed by atoms with E-state index < -0.39 is 5.54 Å². The van der Waals surface area contributed by atoms with E-state index in [4.69, 9.17) is 5.73 Å². The first-order chi connectivity index (χ1) is 8.90. The third-order valence-electron chi connectivity index (χ3n) is 3.09. The van der Waals surface area contributed by atoms with Crippen molar-refractivity contribution in [3.05, 3.63) is 68.4 Å². The van der Waals surface area contributed by atoms with Gasteiger partial charge in [-0.2, -0.15) is 0 Å². The zero-order valence-corrected chi connectivity index (χ0v) is 13.6. The van der Waals surface area contributed by atoms with Crippen molar-refractivity contribution in [3.8, 4) is 0 Å². The number of hydrogen-bond donors (Lipinski definition) is 1. The topological polar surface area (TPSA) is 26.0 Å². The quantitative estimate of drug-likeness (QED) is 0.807. The average molecular weight is 387 g/mol. The zero-order valence-electron chi connectivity index (χ0n) is 10.5. The lowest BCUT2D eigenvalue weighted by Gasteiger charge is -2.26. The highest BCUT2D eigenvalue weighted by Crippen LogP contribution is 2.29. The first-order valence-electron chi connectivity index (χ1n) is 5.88. The molecule has 0 aromatic heterocycles. The largest absolute Gasteiger partial charge is 0.321 e. The number of rotatable bonds is 3. The fourth-order valence-corrected chi connectivity index (χ4v) is 2.68. The van der Waals surface area contributed by atoms with Crippen LogP contribution in [-0.2, 0) is 12.0 Å². The van der Waals surface area contributed by atoms with Gasteiger partial charge in [0.2, 0.25) is 0 Å².